The van der Waals surface area contributed by atoms with Crippen LogP contribution in [0.15, 0.2) is 72.9 Å². The number of amides is 1. The van der Waals surface area contributed by atoms with E-state index < -0.39 is 0 Å². The zero-order valence-corrected chi connectivity index (χ0v) is 18.5. The summed E-state index contributed by atoms with van der Waals surface area (Å²) in [6.45, 7) is 1.24. The summed E-state index contributed by atoms with van der Waals surface area (Å²) >= 11 is 0. The van der Waals surface area contributed by atoms with Gasteiger partial charge in [0.25, 0.3) is 0 Å². The molecule has 2 unspecified atom stereocenters. The molecule has 1 amide bonds. The van der Waals surface area contributed by atoms with Gasteiger partial charge in [-0.25, -0.2) is 4.39 Å². The highest BCUT2D eigenvalue weighted by Gasteiger charge is 2.46. The third kappa shape index (κ3) is 4.64. The first kappa shape index (κ1) is 21.0. The highest BCUT2D eigenvalue weighted by molar-refractivity contribution is 5.83. The largest absolute Gasteiger partial charge is 0.345 e. The van der Waals surface area contributed by atoms with Gasteiger partial charge in [-0.2, -0.15) is 0 Å². The van der Waals surface area contributed by atoms with Crippen LogP contribution in [0.3, 0.4) is 0 Å². The fourth-order valence-corrected chi connectivity index (χ4v) is 5.28. The fourth-order valence-electron chi connectivity index (χ4n) is 5.28. The normalized spacial score (nSPS) is 20.8. The number of carbonyl (C=O) groups excluding carboxylic acids is 1. The van der Waals surface area contributed by atoms with E-state index in [4.69, 9.17) is 0 Å². The van der Waals surface area contributed by atoms with Crippen molar-refractivity contribution < 1.29 is 9.18 Å². The highest BCUT2D eigenvalue weighted by atomic mass is 19.1. The van der Waals surface area contributed by atoms with Crippen LogP contribution >= 0.6 is 0 Å². The maximum Gasteiger partial charge on any atom is 0.226 e. The summed E-state index contributed by atoms with van der Waals surface area (Å²) in [5, 5.41) is 0. The van der Waals surface area contributed by atoms with Gasteiger partial charge in [0.15, 0.2) is 0 Å². The number of rotatable bonds is 7. The minimum absolute atomic E-state index is 0.103. The Morgan fingerprint density at radius 1 is 0.969 bits per heavy atom. The number of benzene rings is 2. The lowest BCUT2D eigenvalue weighted by Gasteiger charge is -2.35. The summed E-state index contributed by atoms with van der Waals surface area (Å²) in [6.07, 6.45) is 8.85. The Morgan fingerprint density at radius 3 is 2.56 bits per heavy atom. The molecule has 166 valence electrons. The van der Waals surface area contributed by atoms with E-state index in [9.17, 15) is 9.18 Å². The van der Waals surface area contributed by atoms with E-state index in [2.05, 4.69) is 39.8 Å². The molecule has 0 aliphatic heterocycles. The van der Waals surface area contributed by atoms with Crippen LogP contribution in [0.1, 0.15) is 61.3 Å². The Kier molecular flexibility index (Phi) is 6.11. The molecule has 1 aromatic heterocycles. The van der Waals surface area contributed by atoms with Crippen LogP contribution in [0.2, 0.25) is 0 Å². The van der Waals surface area contributed by atoms with Crippen LogP contribution < -0.4 is 0 Å². The zero-order chi connectivity index (χ0) is 21.9. The minimum Gasteiger partial charge on any atom is -0.345 e. The van der Waals surface area contributed by atoms with Crippen LogP contribution in [-0.2, 0) is 17.9 Å². The Hall–Kier alpha value is -2.88. The molecule has 0 saturated heterocycles. The van der Waals surface area contributed by atoms with Crippen molar-refractivity contribution >= 4 is 5.91 Å². The summed E-state index contributed by atoms with van der Waals surface area (Å²) in [5.74, 6) is 0.556. The van der Waals surface area contributed by atoms with E-state index in [-0.39, 0.29) is 11.7 Å². The van der Waals surface area contributed by atoms with E-state index in [0.29, 0.717) is 31.0 Å². The molecule has 0 N–H and O–H groups in total. The summed E-state index contributed by atoms with van der Waals surface area (Å²) in [6, 6.07) is 21.7. The molecule has 2 aliphatic rings. The standard InChI is InChI=1S/C28H31FN2O/c29-23-12-7-9-21(17-23)19-30-16-8-15-25(30)20-31(24-13-5-2-6-14-24)28(32)27-18-26(27)22-10-3-1-4-11-22/h1,3-4,7-12,15-17,24,26-27H,2,5-6,13-14,18-20H2. The molecule has 4 heteroatoms. The van der Waals surface area contributed by atoms with Gasteiger partial charge in [0.2, 0.25) is 5.91 Å². The number of nitrogens with zero attached hydrogens (tertiary/aromatic N) is 2. The number of halogens is 1. The molecule has 2 atom stereocenters. The van der Waals surface area contributed by atoms with Crippen LogP contribution in [0, 0.1) is 11.7 Å². The maximum atomic E-state index is 13.7. The lowest BCUT2D eigenvalue weighted by molar-refractivity contribution is -0.136. The van der Waals surface area contributed by atoms with Gasteiger partial charge in [0, 0.05) is 30.4 Å². The Balaban J connectivity index is 1.35. The lowest BCUT2D eigenvalue weighted by Crippen LogP contribution is -2.42. The average Bonchev–Trinajstić information content (AvgIpc) is 3.52. The summed E-state index contributed by atoms with van der Waals surface area (Å²) in [4.78, 5) is 15.9. The number of hydrogen-bond acceptors (Lipinski definition) is 1. The highest BCUT2D eigenvalue weighted by Crippen LogP contribution is 2.49. The number of aromatic nitrogens is 1. The second-order valence-electron chi connectivity index (χ2n) is 9.37. The van der Waals surface area contributed by atoms with Crippen LogP contribution in [-0.4, -0.2) is 21.4 Å². The van der Waals surface area contributed by atoms with E-state index in [1.807, 2.05) is 24.4 Å². The van der Waals surface area contributed by atoms with Crippen LogP contribution in [0.5, 0.6) is 0 Å². The van der Waals surface area contributed by atoms with E-state index in [0.717, 1.165) is 30.5 Å². The molecule has 1 heterocycles. The SMILES string of the molecule is O=C(C1CC1c1ccccc1)N(Cc1cccn1Cc1cccc(F)c1)C1CCCCC1. The Morgan fingerprint density at radius 2 is 1.78 bits per heavy atom. The van der Waals surface area contributed by atoms with E-state index in [1.165, 1.54) is 30.9 Å². The molecule has 0 bridgehead atoms. The van der Waals surface area contributed by atoms with Crippen molar-refractivity contribution in [3.8, 4) is 0 Å². The summed E-state index contributed by atoms with van der Waals surface area (Å²) < 4.78 is 15.8. The summed E-state index contributed by atoms with van der Waals surface area (Å²) in [7, 11) is 0. The van der Waals surface area contributed by atoms with Crippen molar-refractivity contribution in [2.45, 2.75) is 63.6 Å². The van der Waals surface area contributed by atoms with Crippen LogP contribution in [0.25, 0.3) is 0 Å². The monoisotopic (exact) mass is 430 g/mol. The molecule has 32 heavy (non-hydrogen) atoms. The average molecular weight is 431 g/mol. The van der Waals surface area contributed by atoms with E-state index in [1.54, 1.807) is 12.1 Å². The molecular weight excluding hydrogens is 399 g/mol. The molecule has 3 aromatic rings. The Bertz CT molecular complexity index is 1050. The van der Waals surface area contributed by atoms with Crippen molar-refractivity contribution in [1.82, 2.24) is 9.47 Å². The first-order valence-electron chi connectivity index (χ1n) is 11.9. The predicted molar refractivity (Wildman–Crippen MR) is 125 cm³/mol. The number of carbonyl (C=O) groups is 1. The third-order valence-electron chi connectivity index (χ3n) is 7.13. The Labute approximate surface area is 189 Å². The first-order valence-corrected chi connectivity index (χ1v) is 11.9. The molecule has 2 fully saturated rings. The van der Waals surface area contributed by atoms with Gasteiger partial charge in [-0.05, 0) is 60.6 Å². The van der Waals surface area contributed by atoms with Crippen molar-refractivity contribution in [2.24, 2.45) is 5.92 Å². The molecule has 2 aliphatic carbocycles. The molecule has 0 radical (unpaired) electrons. The quantitative estimate of drug-likeness (QED) is 0.442. The molecule has 2 saturated carbocycles. The second kappa shape index (κ2) is 9.32. The van der Waals surface area contributed by atoms with Crippen molar-refractivity contribution in [2.75, 3.05) is 0 Å². The van der Waals surface area contributed by atoms with Gasteiger partial charge in [0.05, 0.1) is 6.54 Å². The van der Waals surface area contributed by atoms with Gasteiger partial charge in [-0.3, -0.25) is 4.79 Å². The number of hydrogen-bond donors (Lipinski definition) is 0. The second-order valence-corrected chi connectivity index (χ2v) is 9.37. The van der Waals surface area contributed by atoms with Gasteiger partial charge in [-0.15, -0.1) is 0 Å². The maximum absolute atomic E-state index is 13.7. The zero-order valence-electron chi connectivity index (χ0n) is 18.5. The van der Waals surface area contributed by atoms with Crippen molar-refractivity contribution in [3.63, 3.8) is 0 Å². The van der Waals surface area contributed by atoms with Crippen molar-refractivity contribution in [3.05, 3.63) is 95.6 Å². The van der Waals surface area contributed by atoms with Crippen molar-refractivity contribution in [1.29, 1.82) is 0 Å². The topological polar surface area (TPSA) is 25.2 Å². The lowest BCUT2D eigenvalue weighted by atomic mass is 9.93. The summed E-state index contributed by atoms with van der Waals surface area (Å²) in [5.41, 5.74) is 3.33. The molecule has 0 spiro atoms. The van der Waals surface area contributed by atoms with Gasteiger partial charge >= 0.3 is 0 Å². The molecule has 5 rings (SSSR count). The third-order valence-corrected chi connectivity index (χ3v) is 7.13. The smallest absolute Gasteiger partial charge is 0.226 e. The molecular formula is C28H31FN2O. The van der Waals surface area contributed by atoms with E-state index >= 15 is 0 Å². The molecule has 2 aromatic carbocycles. The first-order chi connectivity index (χ1) is 15.7. The van der Waals surface area contributed by atoms with Gasteiger partial charge in [-0.1, -0.05) is 61.7 Å². The predicted octanol–water partition coefficient (Wildman–Crippen LogP) is 6.14. The molecule has 3 nitrogen and oxygen atoms in total. The van der Waals surface area contributed by atoms with Gasteiger partial charge in [0.1, 0.15) is 5.82 Å². The fraction of sp³-hybridized carbons (Fsp3) is 0.393. The van der Waals surface area contributed by atoms with Gasteiger partial charge < -0.3 is 9.47 Å². The van der Waals surface area contributed by atoms with Crippen LogP contribution in [0.4, 0.5) is 4.39 Å². The minimum atomic E-state index is -0.212.